The van der Waals surface area contributed by atoms with Crippen molar-refractivity contribution < 1.29 is 0 Å². The monoisotopic (exact) mass is 182 g/mol. The van der Waals surface area contributed by atoms with Gasteiger partial charge in [-0.3, -0.25) is 4.90 Å². The van der Waals surface area contributed by atoms with Gasteiger partial charge in [0.15, 0.2) is 0 Å². The van der Waals surface area contributed by atoms with Crippen LogP contribution in [0.1, 0.15) is 45.4 Å². The zero-order chi connectivity index (χ0) is 9.26. The Morgan fingerprint density at radius 1 is 1.15 bits per heavy atom. The molecule has 1 aliphatic heterocycles. The predicted octanol–water partition coefficient (Wildman–Crippen LogP) is 1.74. The van der Waals surface area contributed by atoms with Gasteiger partial charge >= 0.3 is 0 Å². The molecule has 2 fully saturated rings. The molecule has 2 nitrogen and oxygen atoms in total. The van der Waals surface area contributed by atoms with Gasteiger partial charge < -0.3 is 5.73 Å². The van der Waals surface area contributed by atoms with Crippen LogP contribution in [0.4, 0.5) is 0 Å². The number of likely N-dealkylation sites (tertiary alicyclic amines) is 1. The molecule has 1 saturated carbocycles. The molecule has 2 heteroatoms. The van der Waals surface area contributed by atoms with E-state index in [1.807, 2.05) is 0 Å². The first-order valence-corrected chi connectivity index (χ1v) is 5.78. The lowest BCUT2D eigenvalue weighted by atomic mass is 9.90. The van der Waals surface area contributed by atoms with Gasteiger partial charge in [-0.05, 0) is 45.6 Å². The molecule has 0 amide bonds. The molecule has 0 spiro atoms. The van der Waals surface area contributed by atoms with Gasteiger partial charge in [0.2, 0.25) is 0 Å². The number of nitrogens with two attached hydrogens (primary N) is 1. The van der Waals surface area contributed by atoms with Crippen molar-refractivity contribution in [1.29, 1.82) is 0 Å². The van der Waals surface area contributed by atoms with Gasteiger partial charge in [0, 0.05) is 18.1 Å². The molecule has 0 bridgehead atoms. The Labute approximate surface area is 81.5 Å². The van der Waals surface area contributed by atoms with Crippen LogP contribution in [0.2, 0.25) is 0 Å². The molecule has 1 heterocycles. The molecule has 0 aromatic heterocycles. The van der Waals surface area contributed by atoms with Crippen LogP contribution in [0.3, 0.4) is 0 Å². The van der Waals surface area contributed by atoms with Gasteiger partial charge in [-0.25, -0.2) is 0 Å². The molecule has 2 N–H and O–H groups in total. The fourth-order valence-corrected chi connectivity index (χ4v) is 3.00. The molecule has 2 rings (SSSR count). The van der Waals surface area contributed by atoms with Crippen LogP contribution in [-0.2, 0) is 0 Å². The van der Waals surface area contributed by atoms with Crippen LogP contribution < -0.4 is 5.73 Å². The van der Waals surface area contributed by atoms with Crippen molar-refractivity contribution in [3.8, 4) is 0 Å². The summed E-state index contributed by atoms with van der Waals surface area (Å²) in [6.45, 7) is 3.69. The van der Waals surface area contributed by atoms with Gasteiger partial charge in [0.25, 0.3) is 0 Å². The molecule has 0 aromatic carbocycles. The lowest BCUT2D eigenvalue weighted by Gasteiger charge is -2.36. The lowest BCUT2D eigenvalue weighted by molar-refractivity contribution is 0.142. The van der Waals surface area contributed by atoms with Crippen LogP contribution in [0, 0.1) is 0 Å². The van der Waals surface area contributed by atoms with Gasteiger partial charge in [-0.15, -0.1) is 0 Å². The molecule has 0 aromatic rings. The number of nitrogens with zero attached hydrogens (tertiary/aromatic N) is 1. The minimum absolute atomic E-state index is 0.478. The van der Waals surface area contributed by atoms with Gasteiger partial charge in [-0.1, -0.05) is 6.42 Å². The molecule has 3 atom stereocenters. The third-order valence-corrected chi connectivity index (χ3v) is 3.76. The van der Waals surface area contributed by atoms with E-state index in [0.29, 0.717) is 6.04 Å². The molecular formula is C11H22N2. The zero-order valence-corrected chi connectivity index (χ0v) is 8.71. The van der Waals surface area contributed by atoms with Crippen molar-refractivity contribution in [3.63, 3.8) is 0 Å². The summed E-state index contributed by atoms with van der Waals surface area (Å²) in [5.74, 6) is 0. The standard InChI is InChI=1S/C11H22N2/c1-9-4-3-7-13(9)11-6-2-5-10(12)8-11/h9-11H,2-8,12H2,1H3. The Kier molecular flexibility index (Phi) is 2.89. The molecular weight excluding hydrogens is 160 g/mol. The smallest absolute Gasteiger partial charge is 0.0113 e. The summed E-state index contributed by atoms with van der Waals surface area (Å²) in [4.78, 5) is 2.69. The number of hydrogen-bond donors (Lipinski definition) is 1. The largest absolute Gasteiger partial charge is 0.328 e. The van der Waals surface area contributed by atoms with E-state index < -0.39 is 0 Å². The third kappa shape index (κ3) is 2.05. The summed E-state index contributed by atoms with van der Waals surface area (Å²) < 4.78 is 0. The first-order valence-electron chi connectivity index (χ1n) is 5.78. The summed E-state index contributed by atoms with van der Waals surface area (Å²) in [6.07, 6.45) is 8.01. The summed E-state index contributed by atoms with van der Waals surface area (Å²) in [7, 11) is 0. The molecule has 13 heavy (non-hydrogen) atoms. The summed E-state index contributed by atoms with van der Waals surface area (Å²) in [5.41, 5.74) is 6.01. The highest BCUT2D eigenvalue weighted by molar-refractivity contribution is 4.87. The van der Waals surface area contributed by atoms with E-state index in [-0.39, 0.29) is 0 Å². The minimum Gasteiger partial charge on any atom is -0.328 e. The Balaban J connectivity index is 1.91. The van der Waals surface area contributed by atoms with Crippen molar-refractivity contribution in [2.75, 3.05) is 6.54 Å². The first kappa shape index (κ1) is 9.47. The Bertz CT molecular complexity index is 169. The molecule has 76 valence electrons. The molecule has 0 radical (unpaired) electrons. The van der Waals surface area contributed by atoms with E-state index >= 15 is 0 Å². The second-order valence-corrected chi connectivity index (χ2v) is 4.81. The van der Waals surface area contributed by atoms with Crippen LogP contribution in [-0.4, -0.2) is 29.6 Å². The van der Waals surface area contributed by atoms with E-state index in [4.69, 9.17) is 5.73 Å². The van der Waals surface area contributed by atoms with E-state index in [9.17, 15) is 0 Å². The maximum Gasteiger partial charge on any atom is 0.0113 e. The van der Waals surface area contributed by atoms with Crippen molar-refractivity contribution in [2.45, 2.75) is 63.6 Å². The van der Waals surface area contributed by atoms with Gasteiger partial charge in [0.05, 0.1) is 0 Å². The van der Waals surface area contributed by atoms with Gasteiger partial charge in [-0.2, -0.15) is 0 Å². The van der Waals surface area contributed by atoms with E-state index in [1.54, 1.807) is 0 Å². The van der Waals surface area contributed by atoms with Crippen molar-refractivity contribution in [2.24, 2.45) is 5.73 Å². The van der Waals surface area contributed by atoms with Crippen molar-refractivity contribution >= 4 is 0 Å². The SMILES string of the molecule is CC1CCCN1C1CCCC(N)C1. The average Bonchev–Trinajstić information content (AvgIpc) is 2.51. The van der Waals surface area contributed by atoms with E-state index in [1.165, 1.54) is 45.1 Å². The molecule has 1 saturated heterocycles. The minimum atomic E-state index is 0.478. The zero-order valence-electron chi connectivity index (χ0n) is 8.71. The molecule has 3 unspecified atom stereocenters. The summed E-state index contributed by atoms with van der Waals surface area (Å²) in [5, 5.41) is 0. The Hall–Kier alpha value is -0.0800. The highest BCUT2D eigenvalue weighted by Gasteiger charge is 2.30. The fourth-order valence-electron chi connectivity index (χ4n) is 3.00. The van der Waals surface area contributed by atoms with E-state index in [0.717, 1.165) is 12.1 Å². The topological polar surface area (TPSA) is 29.3 Å². The number of rotatable bonds is 1. The van der Waals surface area contributed by atoms with Crippen molar-refractivity contribution in [1.82, 2.24) is 4.90 Å². The third-order valence-electron chi connectivity index (χ3n) is 3.76. The summed E-state index contributed by atoms with van der Waals surface area (Å²) in [6, 6.07) is 2.10. The summed E-state index contributed by atoms with van der Waals surface area (Å²) >= 11 is 0. The lowest BCUT2D eigenvalue weighted by Crippen LogP contribution is -2.43. The van der Waals surface area contributed by atoms with E-state index in [2.05, 4.69) is 11.8 Å². The van der Waals surface area contributed by atoms with Crippen LogP contribution in [0.15, 0.2) is 0 Å². The molecule has 1 aliphatic carbocycles. The Morgan fingerprint density at radius 3 is 2.62 bits per heavy atom. The average molecular weight is 182 g/mol. The predicted molar refractivity (Wildman–Crippen MR) is 55.6 cm³/mol. The normalized spacial score (nSPS) is 42.5. The molecule has 2 aliphatic rings. The fraction of sp³-hybridized carbons (Fsp3) is 1.00. The van der Waals surface area contributed by atoms with Crippen LogP contribution >= 0.6 is 0 Å². The second kappa shape index (κ2) is 3.97. The van der Waals surface area contributed by atoms with Gasteiger partial charge in [0.1, 0.15) is 0 Å². The second-order valence-electron chi connectivity index (χ2n) is 4.81. The van der Waals surface area contributed by atoms with Crippen LogP contribution in [0.25, 0.3) is 0 Å². The maximum absolute atomic E-state index is 6.01. The van der Waals surface area contributed by atoms with Crippen LogP contribution in [0.5, 0.6) is 0 Å². The Morgan fingerprint density at radius 2 is 2.00 bits per heavy atom. The maximum atomic E-state index is 6.01. The first-order chi connectivity index (χ1) is 6.27. The number of hydrogen-bond acceptors (Lipinski definition) is 2. The van der Waals surface area contributed by atoms with Crippen molar-refractivity contribution in [3.05, 3.63) is 0 Å². The highest BCUT2D eigenvalue weighted by atomic mass is 15.2. The highest BCUT2D eigenvalue weighted by Crippen LogP contribution is 2.28. The quantitative estimate of drug-likeness (QED) is 0.669.